The van der Waals surface area contributed by atoms with E-state index in [1.54, 1.807) is 6.92 Å². The number of aromatic carboxylic acids is 1. The number of benzene rings is 1. The number of aryl methyl sites for hydroxylation is 1. The molecule has 0 spiro atoms. The van der Waals surface area contributed by atoms with Crippen molar-refractivity contribution in [3.8, 4) is 0 Å². The van der Waals surface area contributed by atoms with Crippen molar-refractivity contribution in [2.45, 2.75) is 11.8 Å². The minimum atomic E-state index is -4.08. The molecule has 0 aliphatic carbocycles. The maximum absolute atomic E-state index is 13.2. The number of carboxylic acid groups (broad SMARTS) is 1. The van der Waals surface area contributed by atoms with E-state index in [9.17, 15) is 17.6 Å². The molecular formula is C11H9FN2O5S. The van der Waals surface area contributed by atoms with Crippen LogP contribution in [0.2, 0.25) is 0 Å². The second-order valence-electron chi connectivity index (χ2n) is 3.88. The summed E-state index contributed by atoms with van der Waals surface area (Å²) in [4.78, 5) is 10.4. The van der Waals surface area contributed by atoms with Gasteiger partial charge < -0.3 is 9.63 Å². The van der Waals surface area contributed by atoms with Crippen LogP contribution in [0.3, 0.4) is 0 Å². The Balaban J connectivity index is 2.39. The molecule has 0 fully saturated rings. The minimum Gasteiger partial charge on any atom is -0.478 e. The molecule has 1 aromatic heterocycles. The number of aromatic nitrogens is 1. The molecule has 20 heavy (non-hydrogen) atoms. The van der Waals surface area contributed by atoms with Gasteiger partial charge in [0.25, 0.3) is 10.0 Å². The van der Waals surface area contributed by atoms with Crippen LogP contribution in [-0.2, 0) is 10.0 Å². The van der Waals surface area contributed by atoms with Crippen molar-refractivity contribution in [3.05, 3.63) is 41.4 Å². The van der Waals surface area contributed by atoms with Gasteiger partial charge in [0, 0.05) is 6.07 Å². The van der Waals surface area contributed by atoms with Crippen molar-refractivity contribution >= 4 is 21.8 Å². The lowest BCUT2D eigenvalue weighted by molar-refractivity contribution is 0.0691. The van der Waals surface area contributed by atoms with E-state index in [2.05, 4.69) is 9.88 Å². The summed E-state index contributed by atoms with van der Waals surface area (Å²) >= 11 is 0. The van der Waals surface area contributed by atoms with Gasteiger partial charge in [-0.2, -0.15) is 0 Å². The van der Waals surface area contributed by atoms with Gasteiger partial charge >= 0.3 is 5.97 Å². The van der Waals surface area contributed by atoms with Gasteiger partial charge in [0.05, 0.1) is 10.5 Å². The fraction of sp³-hybridized carbons (Fsp3) is 0.0909. The lowest BCUT2D eigenvalue weighted by Crippen LogP contribution is -2.14. The number of carboxylic acids is 1. The normalized spacial score (nSPS) is 11.3. The first-order valence-electron chi connectivity index (χ1n) is 5.28. The average molecular weight is 300 g/mol. The van der Waals surface area contributed by atoms with Gasteiger partial charge in [-0.25, -0.2) is 17.6 Å². The van der Waals surface area contributed by atoms with E-state index in [0.717, 1.165) is 18.2 Å². The second kappa shape index (κ2) is 4.93. The molecule has 0 aliphatic rings. The number of halogens is 1. The zero-order valence-corrected chi connectivity index (χ0v) is 10.9. The molecule has 0 saturated heterocycles. The second-order valence-corrected chi connectivity index (χ2v) is 5.56. The number of nitrogens with zero attached hydrogens (tertiary/aromatic N) is 1. The first kappa shape index (κ1) is 14.0. The Bertz CT molecular complexity index is 769. The van der Waals surface area contributed by atoms with Crippen LogP contribution in [-0.4, -0.2) is 24.7 Å². The van der Waals surface area contributed by atoms with E-state index in [1.165, 1.54) is 6.07 Å². The molecule has 0 radical (unpaired) electrons. The molecule has 106 valence electrons. The monoisotopic (exact) mass is 300 g/mol. The molecule has 2 aromatic rings. The van der Waals surface area contributed by atoms with Crippen molar-refractivity contribution in [1.29, 1.82) is 0 Å². The smallest absolute Gasteiger partial charge is 0.338 e. The predicted molar refractivity (Wildman–Crippen MR) is 65.4 cm³/mol. The zero-order valence-electron chi connectivity index (χ0n) is 10.1. The van der Waals surface area contributed by atoms with Gasteiger partial charge in [0.15, 0.2) is 5.82 Å². The van der Waals surface area contributed by atoms with Gasteiger partial charge in [0.1, 0.15) is 11.6 Å². The topological polar surface area (TPSA) is 110 Å². The van der Waals surface area contributed by atoms with Crippen LogP contribution in [0.25, 0.3) is 0 Å². The van der Waals surface area contributed by atoms with Crippen LogP contribution >= 0.6 is 0 Å². The first-order valence-corrected chi connectivity index (χ1v) is 6.77. The number of hydrogen-bond acceptors (Lipinski definition) is 5. The number of anilines is 1. The summed E-state index contributed by atoms with van der Waals surface area (Å²) in [6.45, 7) is 1.57. The van der Waals surface area contributed by atoms with Crippen molar-refractivity contribution < 1.29 is 27.2 Å². The quantitative estimate of drug-likeness (QED) is 0.888. The Morgan fingerprint density at radius 2 is 2.10 bits per heavy atom. The van der Waals surface area contributed by atoms with Crippen molar-refractivity contribution in [2.75, 3.05) is 4.72 Å². The van der Waals surface area contributed by atoms with E-state index in [0.29, 0.717) is 5.76 Å². The summed E-state index contributed by atoms with van der Waals surface area (Å²) in [6, 6.07) is 3.80. The lowest BCUT2D eigenvalue weighted by atomic mass is 10.2. The van der Waals surface area contributed by atoms with E-state index < -0.39 is 32.3 Å². The van der Waals surface area contributed by atoms with Gasteiger partial charge in [-0.3, -0.25) is 4.72 Å². The SMILES string of the molecule is Cc1cc(NS(=O)(=O)c2ccc(F)c(C(=O)O)c2)no1. The van der Waals surface area contributed by atoms with Crippen LogP contribution in [0.15, 0.2) is 33.7 Å². The number of hydrogen-bond donors (Lipinski definition) is 2. The highest BCUT2D eigenvalue weighted by molar-refractivity contribution is 7.92. The lowest BCUT2D eigenvalue weighted by Gasteiger charge is -2.06. The highest BCUT2D eigenvalue weighted by atomic mass is 32.2. The van der Waals surface area contributed by atoms with Crippen LogP contribution in [0.4, 0.5) is 10.2 Å². The molecule has 0 atom stereocenters. The third-order valence-electron chi connectivity index (χ3n) is 2.35. The highest BCUT2D eigenvalue weighted by Gasteiger charge is 2.20. The Hall–Kier alpha value is -2.42. The summed E-state index contributed by atoms with van der Waals surface area (Å²) in [5.41, 5.74) is -0.732. The molecule has 2 rings (SSSR count). The largest absolute Gasteiger partial charge is 0.478 e. The predicted octanol–water partition coefficient (Wildman–Crippen LogP) is 1.62. The van der Waals surface area contributed by atoms with E-state index in [1.807, 2.05) is 0 Å². The first-order chi connectivity index (χ1) is 9.29. The van der Waals surface area contributed by atoms with Crippen LogP contribution in [0, 0.1) is 12.7 Å². The molecular weight excluding hydrogens is 291 g/mol. The van der Waals surface area contributed by atoms with Gasteiger partial charge in [0.2, 0.25) is 0 Å². The van der Waals surface area contributed by atoms with Crippen LogP contribution in [0.1, 0.15) is 16.1 Å². The van der Waals surface area contributed by atoms with Gasteiger partial charge in [-0.05, 0) is 25.1 Å². The molecule has 2 N–H and O–H groups in total. The number of sulfonamides is 1. The van der Waals surface area contributed by atoms with Crippen molar-refractivity contribution in [2.24, 2.45) is 0 Å². The van der Waals surface area contributed by atoms with Crippen LogP contribution < -0.4 is 4.72 Å². The van der Waals surface area contributed by atoms with Crippen LogP contribution in [0.5, 0.6) is 0 Å². The highest BCUT2D eigenvalue weighted by Crippen LogP contribution is 2.18. The molecule has 0 aliphatic heterocycles. The fourth-order valence-corrected chi connectivity index (χ4v) is 2.46. The molecule has 0 saturated carbocycles. The Morgan fingerprint density at radius 1 is 1.40 bits per heavy atom. The van der Waals surface area contributed by atoms with Gasteiger partial charge in [-0.1, -0.05) is 5.16 Å². The molecule has 9 heteroatoms. The minimum absolute atomic E-state index is 0.0521. The number of nitrogens with one attached hydrogen (secondary N) is 1. The van der Waals surface area contributed by atoms with Crippen molar-refractivity contribution in [3.63, 3.8) is 0 Å². The maximum atomic E-state index is 13.2. The molecule has 0 unspecified atom stereocenters. The molecule has 1 heterocycles. The molecule has 0 amide bonds. The van der Waals surface area contributed by atoms with E-state index in [4.69, 9.17) is 9.63 Å². The Labute approximate surface area is 113 Å². The summed E-state index contributed by atoms with van der Waals surface area (Å²) < 4.78 is 44.0. The number of carbonyl (C=O) groups is 1. The Kier molecular flexibility index (Phi) is 3.45. The third kappa shape index (κ3) is 2.77. The van der Waals surface area contributed by atoms with E-state index in [-0.39, 0.29) is 5.82 Å². The molecule has 7 nitrogen and oxygen atoms in total. The third-order valence-corrected chi connectivity index (χ3v) is 3.70. The fourth-order valence-electron chi connectivity index (χ4n) is 1.45. The summed E-state index contributed by atoms with van der Waals surface area (Å²) in [5.74, 6) is -2.23. The van der Waals surface area contributed by atoms with Crippen molar-refractivity contribution in [1.82, 2.24) is 5.16 Å². The van der Waals surface area contributed by atoms with E-state index >= 15 is 0 Å². The summed E-state index contributed by atoms with van der Waals surface area (Å²) in [5, 5.41) is 12.2. The molecule has 1 aromatic carbocycles. The summed E-state index contributed by atoms with van der Waals surface area (Å²) in [7, 11) is -4.08. The Morgan fingerprint density at radius 3 is 2.65 bits per heavy atom. The average Bonchev–Trinajstić information content (AvgIpc) is 2.73. The summed E-state index contributed by atoms with van der Waals surface area (Å²) in [6.07, 6.45) is 0. The molecule has 0 bridgehead atoms. The van der Waals surface area contributed by atoms with Gasteiger partial charge in [-0.15, -0.1) is 0 Å². The maximum Gasteiger partial charge on any atom is 0.338 e. The zero-order chi connectivity index (χ0) is 14.9. The standard InChI is InChI=1S/C11H9FN2O5S/c1-6-4-10(13-19-6)14-20(17,18)7-2-3-9(12)8(5-7)11(15)16/h2-5H,1H3,(H,13,14)(H,15,16). The number of rotatable bonds is 4.